The monoisotopic (exact) mass is 258 g/mol. The Hall–Kier alpha value is -1.35. The normalized spacial score (nSPS) is 30.2. The molecule has 1 N–H and O–H groups in total. The lowest BCUT2D eigenvalue weighted by atomic mass is 10.0. The Bertz CT molecular complexity index is 485. The van der Waals surface area contributed by atoms with Crippen molar-refractivity contribution in [2.45, 2.75) is 32.2 Å². The Morgan fingerprint density at radius 2 is 2.16 bits per heavy atom. The fourth-order valence-electron chi connectivity index (χ4n) is 3.20. The Morgan fingerprint density at radius 1 is 1.37 bits per heavy atom. The van der Waals surface area contributed by atoms with E-state index in [0.717, 1.165) is 26.1 Å². The summed E-state index contributed by atoms with van der Waals surface area (Å²) in [5.41, 5.74) is 2.68. The van der Waals surface area contributed by atoms with Crippen LogP contribution in [0.15, 0.2) is 24.3 Å². The second kappa shape index (κ2) is 4.97. The minimum absolute atomic E-state index is 0.224. The standard InChI is InChI=1S/C16H22N2O/c1-11-5-3-4-6-13(11)14-9-15(14)16(19)18-8-7-17-10-12(18)2/h3-6,12,14-15,17H,7-10H2,1-2H3/t12-,14-,15+/m0/s1. The first-order valence-electron chi connectivity index (χ1n) is 7.25. The Kier molecular flexibility index (Phi) is 3.31. The Morgan fingerprint density at radius 3 is 2.89 bits per heavy atom. The lowest BCUT2D eigenvalue weighted by molar-refractivity contribution is -0.135. The number of benzene rings is 1. The molecule has 0 aromatic heterocycles. The smallest absolute Gasteiger partial charge is 0.226 e. The molecule has 0 unspecified atom stereocenters. The van der Waals surface area contributed by atoms with Gasteiger partial charge in [-0.3, -0.25) is 4.79 Å². The maximum Gasteiger partial charge on any atom is 0.226 e. The lowest BCUT2D eigenvalue weighted by Gasteiger charge is -2.34. The average Bonchev–Trinajstić information content (AvgIpc) is 3.19. The van der Waals surface area contributed by atoms with Crippen LogP contribution >= 0.6 is 0 Å². The van der Waals surface area contributed by atoms with Crippen LogP contribution in [-0.4, -0.2) is 36.5 Å². The van der Waals surface area contributed by atoms with E-state index in [1.807, 2.05) is 0 Å². The van der Waals surface area contributed by atoms with Crippen molar-refractivity contribution in [2.75, 3.05) is 19.6 Å². The number of carbonyl (C=O) groups excluding carboxylic acids is 1. The molecule has 102 valence electrons. The molecule has 1 aliphatic heterocycles. The molecule has 19 heavy (non-hydrogen) atoms. The van der Waals surface area contributed by atoms with Crippen LogP contribution in [0.25, 0.3) is 0 Å². The summed E-state index contributed by atoms with van der Waals surface area (Å²) in [7, 11) is 0. The molecule has 0 bridgehead atoms. The molecule has 1 amide bonds. The number of carbonyl (C=O) groups is 1. The topological polar surface area (TPSA) is 32.3 Å². The van der Waals surface area contributed by atoms with E-state index in [2.05, 4.69) is 48.3 Å². The third-order valence-corrected chi connectivity index (χ3v) is 4.48. The Balaban J connectivity index is 1.69. The van der Waals surface area contributed by atoms with Crippen molar-refractivity contribution in [3.05, 3.63) is 35.4 Å². The zero-order valence-electron chi connectivity index (χ0n) is 11.7. The van der Waals surface area contributed by atoms with Crippen LogP contribution in [0.1, 0.15) is 30.4 Å². The molecule has 1 heterocycles. The maximum absolute atomic E-state index is 12.6. The molecule has 1 aromatic rings. The SMILES string of the molecule is Cc1ccccc1[C@@H]1C[C@H]1C(=O)N1CCNC[C@@H]1C. The van der Waals surface area contributed by atoms with E-state index in [4.69, 9.17) is 0 Å². The van der Waals surface area contributed by atoms with Crippen molar-refractivity contribution in [2.24, 2.45) is 5.92 Å². The van der Waals surface area contributed by atoms with Gasteiger partial charge in [0.2, 0.25) is 5.91 Å². The van der Waals surface area contributed by atoms with Crippen LogP contribution in [0.2, 0.25) is 0 Å². The minimum atomic E-state index is 0.224. The highest BCUT2D eigenvalue weighted by Gasteiger charge is 2.47. The van der Waals surface area contributed by atoms with Crippen LogP contribution in [0.3, 0.4) is 0 Å². The quantitative estimate of drug-likeness (QED) is 0.879. The summed E-state index contributed by atoms with van der Waals surface area (Å²) in [6.07, 6.45) is 1.03. The van der Waals surface area contributed by atoms with Crippen LogP contribution < -0.4 is 5.32 Å². The van der Waals surface area contributed by atoms with Crippen LogP contribution in [0.5, 0.6) is 0 Å². The second-order valence-electron chi connectivity index (χ2n) is 5.89. The first-order chi connectivity index (χ1) is 9.18. The van der Waals surface area contributed by atoms with Gasteiger partial charge in [0, 0.05) is 31.6 Å². The van der Waals surface area contributed by atoms with E-state index in [1.165, 1.54) is 11.1 Å². The zero-order valence-corrected chi connectivity index (χ0v) is 11.7. The molecule has 0 radical (unpaired) electrons. The first-order valence-corrected chi connectivity index (χ1v) is 7.25. The molecular weight excluding hydrogens is 236 g/mol. The number of hydrogen-bond donors (Lipinski definition) is 1. The summed E-state index contributed by atoms with van der Waals surface area (Å²) < 4.78 is 0. The summed E-state index contributed by atoms with van der Waals surface area (Å²) in [6, 6.07) is 8.79. The first kappa shape index (κ1) is 12.7. The third kappa shape index (κ3) is 2.39. The van der Waals surface area contributed by atoms with Crippen molar-refractivity contribution in [1.29, 1.82) is 0 Å². The fourth-order valence-corrected chi connectivity index (χ4v) is 3.20. The highest BCUT2D eigenvalue weighted by atomic mass is 16.2. The average molecular weight is 258 g/mol. The molecule has 3 rings (SSSR count). The van der Waals surface area contributed by atoms with Gasteiger partial charge >= 0.3 is 0 Å². The van der Waals surface area contributed by atoms with Gasteiger partial charge in [-0.1, -0.05) is 24.3 Å². The van der Waals surface area contributed by atoms with E-state index in [1.54, 1.807) is 0 Å². The molecule has 3 atom stereocenters. The second-order valence-corrected chi connectivity index (χ2v) is 5.89. The van der Waals surface area contributed by atoms with Crippen LogP contribution in [-0.2, 0) is 4.79 Å². The van der Waals surface area contributed by atoms with Gasteiger partial charge in [-0.2, -0.15) is 0 Å². The van der Waals surface area contributed by atoms with E-state index in [0.29, 0.717) is 17.9 Å². The van der Waals surface area contributed by atoms with Crippen LogP contribution in [0.4, 0.5) is 0 Å². The van der Waals surface area contributed by atoms with Gasteiger partial charge in [-0.15, -0.1) is 0 Å². The van der Waals surface area contributed by atoms with Crippen molar-refractivity contribution in [1.82, 2.24) is 10.2 Å². The Labute approximate surface area is 115 Å². The summed E-state index contributed by atoms with van der Waals surface area (Å²) in [6.45, 7) is 6.99. The minimum Gasteiger partial charge on any atom is -0.337 e. The number of nitrogens with zero attached hydrogens (tertiary/aromatic N) is 1. The van der Waals surface area contributed by atoms with Gasteiger partial charge in [-0.25, -0.2) is 0 Å². The van der Waals surface area contributed by atoms with E-state index in [-0.39, 0.29) is 5.92 Å². The molecule has 1 aliphatic carbocycles. The van der Waals surface area contributed by atoms with Crippen molar-refractivity contribution in [3.63, 3.8) is 0 Å². The summed E-state index contributed by atoms with van der Waals surface area (Å²) in [4.78, 5) is 14.6. The molecule has 3 heteroatoms. The number of aryl methyl sites for hydroxylation is 1. The number of amides is 1. The largest absolute Gasteiger partial charge is 0.337 e. The zero-order chi connectivity index (χ0) is 13.4. The molecule has 2 aliphatic rings. The predicted molar refractivity (Wildman–Crippen MR) is 76.1 cm³/mol. The van der Waals surface area contributed by atoms with Gasteiger partial charge in [0.1, 0.15) is 0 Å². The highest BCUT2D eigenvalue weighted by Crippen LogP contribution is 2.49. The van der Waals surface area contributed by atoms with Crippen molar-refractivity contribution in [3.8, 4) is 0 Å². The van der Waals surface area contributed by atoms with Gasteiger partial charge in [-0.05, 0) is 37.3 Å². The van der Waals surface area contributed by atoms with E-state index >= 15 is 0 Å². The summed E-state index contributed by atoms with van der Waals surface area (Å²) >= 11 is 0. The van der Waals surface area contributed by atoms with Gasteiger partial charge < -0.3 is 10.2 Å². The van der Waals surface area contributed by atoms with E-state index in [9.17, 15) is 4.79 Å². The van der Waals surface area contributed by atoms with Crippen LogP contribution in [0, 0.1) is 12.8 Å². The van der Waals surface area contributed by atoms with Crippen molar-refractivity contribution < 1.29 is 4.79 Å². The summed E-state index contributed by atoms with van der Waals surface area (Å²) in [5, 5.41) is 3.34. The number of piperazine rings is 1. The van der Waals surface area contributed by atoms with Gasteiger partial charge in [0.25, 0.3) is 0 Å². The molecule has 1 aromatic carbocycles. The van der Waals surface area contributed by atoms with Crippen molar-refractivity contribution >= 4 is 5.91 Å². The predicted octanol–water partition coefficient (Wildman–Crippen LogP) is 1.92. The number of rotatable bonds is 2. The molecule has 1 saturated carbocycles. The third-order valence-electron chi connectivity index (χ3n) is 4.48. The molecular formula is C16H22N2O. The molecule has 0 spiro atoms. The molecule has 1 saturated heterocycles. The molecule has 3 nitrogen and oxygen atoms in total. The number of nitrogens with one attached hydrogen (secondary N) is 1. The fraction of sp³-hybridized carbons (Fsp3) is 0.562. The van der Waals surface area contributed by atoms with Gasteiger partial charge in [0.15, 0.2) is 0 Å². The lowest BCUT2D eigenvalue weighted by Crippen LogP contribution is -2.52. The van der Waals surface area contributed by atoms with E-state index < -0.39 is 0 Å². The maximum atomic E-state index is 12.6. The van der Waals surface area contributed by atoms with Gasteiger partial charge in [0.05, 0.1) is 0 Å². The highest BCUT2D eigenvalue weighted by molar-refractivity contribution is 5.83. The number of hydrogen-bond acceptors (Lipinski definition) is 2. The molecule has 2 fully saturated rings. The summed E-state index contributed by atoms with van der Waals surface area (Å²) in [5.74, 6) is 1.04.